The van der Waals surface area contributed by atoms with E-state index in [2.05, 4.69) is 26.8 Å². The van der Waals surface area contributed by atoms with Gasteiger partial charge in [0.25, 0.3) is 0 Å². The van der Waals surface area contributed by atoms with Crippen molar-refractivity contribution in [2.75, 3.05) is 0 Å². The molecule has 0 amide bonds. The van der Waals surface area contributed by atoms with Gasteiger partial charge in [-0.2, -0.15) is 0 Å². The Morgan fingerprint density at radius 2 is 1.40 bits per heavy atom. The smallest absolute Gasteiger partial charge is 0.0320 e. The average Bonchev–Trinajstić information content (AvgIpc) is 2.26. The fourth-order valence-corrected chi connectivity index (χ4v) is 2.02. The van der Waals surface area contributed by atoms with Crippen LogP contribution in [0.15, 0.2) is 11.6 Å². The minimum atomic E-state index is 1.21. The molecule has 0 aromatic carbocycles. The number of hydrogen-bond donors (Lipinski definition) is 0. The van der Waals surface area contributed by atoms with Crippen molar-refractivity contribution in [3.8, 4) is 0 Å². The van der Waals surface area contributed by atoms with E-state index < -0.39 is 0 Å². The molecule has 0 aliphatic carbocycles. The number of unbranched alkanes of at least 4 members (excludes halogenated alkanes) is 6. The van der Waals surface area contributed by atoms with Crippen LogP contribution in [0.2, 0.25) is 0 Å². The monoisotopic (exact) mass is 210 g/mol. The molecule has 0 saturated carbocycles. The topological polar surface area (TPSA) is 0 Å². The van der Waals surface area contributed by atoms with E-state index in [0.717, 1.165) is 0 Å². The summed E-state index contributed by atoms with van der Waals surface area (Å²) in [7, 11) is 0. The number of rotatable bonds is 10. The lowest BCUT2D eigenvalue weighted by atomic mass is 10.0. The Morgan fingerprint density at radius 1 is 0.800 bits per heavy atom. The SMILES string of the molecule is CCC=C(CC)CCCCCCCCC. The van der Waals surface area contributed by atoms with E-state index in [1.807, 2.05) is 0 Å². The number of hydrogen-bond acceptors (Lipinski definition) is 0. The molecule has 0 unspecified atom stereocenters. The highest BCUT2D eigenvalue weighted by molar-refractivity contribution is 5.00. The van der Waals surface area contributed by atoms with Crippen molar-refractivity contribution in [2.45, 2.75) is 85.0 Å². The van der Waals surface area contributed by atoms with Gasteiger partial charge in [0.2, 0.25) is 0 Å². The molecule has 15 heavy (non-hydrogen) atoms. The molecule has 0 aliphatic heterocycles. The van der Waals surface area contributed by atoms with Gasteiger partial charge < -0.3 is 0 Å². The molecule has 0 rings (SSSR count). The Morgan fingerprint density at radius 3 is 1.93 bits per heavy atom. The average molecular weight is 210 g/mol. The first-order chi connectivity index (χ1) is 7.35. The highest BCUT2D eigenvalue weighted by atomic mass is 14.0. The van der Waals surface area contributed by atoms with Crippen molar-refractivity contribution in [3.63, 3.8) is 0 Å². The molecular weight excluding hydrogens is 180 g/mol. The van der Waals surface area contributed by atoms with Gasteiger partial charge in [-0.25, -0.2) is 0 Å². The molecule has 0 atom stereocenters. The van der Waals surface area contributed by atoms with Gasteiger partial charge in [-0.3, -0.25) is 0 Å². The van der Waals surface area contributed by atoms with E-state index >= 15 is 0 Å². The van der Waals surface area contributed by atoms with Crippen LogP contribution in [0, 0.1) is 0 Å². The third-order valence-electron chi connectivity index (χ3n) is 3.05. The molecule has 0 heteroatoms. The second kappa shape index (κ2) is 11.8. The molecular formula is C15H30. The molecule has 0 radical (unpaired) electrons. The molecule has 0 N–H and O–H groups in total. The summed E-state index contributed by atoms with van der Waals surface area (Å²) in [6, 6.07) is 0. The highest BCUT2D eigenvalue weighted by Gasteiger charge is 1.94. The van der Waals surface area contributed by atoms with Crippen LogP contribution in [0.5, 0.6) is 0 Å². The van der Waals surface area contributed by atoms with Gasteiger partial charge in [-0.15, -0.1) is 0 Å². The third-order valence-corrected chi connectivity index (χ3v) is 3.05. The first-order valence-corrected chi connectivity index (χ1v) is 7.03. The Kier molecular flexibility index (Phi) is 11.6. The standard InChI is InChI=1S/C15H30/c1-4-7-8-9-10-11-12-14-15(6-3)13-5-2/h13H,4-12,14H2,1-3H3. The highest BCUT2D eigenvalue weighted by Crippen LogP contribution is 2.14. The van der Waals surface area contributed by atoms with Crippen LogP contribution in [-0.2, 0) is 0 Å². The van der Waals surface area contributed by atoms with E-state index in [1.165, 1.54) is 64.2 Å². The summed E-state index contributed by atoms with van der Waals surface area (Å²) in [4.78, 5) is 0. The fraction of sp³-hybridized carbons (Fsp3) is 0.867. The Hall–Kier alpha value is -0.260. The van der Waals surface area contributed by atoms with E-state index in [9.17, 15) is 0 Å². The lowest BCUT2D eigenvalue weighted by molar-refractivity contribution is 0.586. The Labute approximate surface area is 97.2 Å². The summed E-state index contributed by atoms with van der Waals surface area (Å²) in [5.41, 5.74) is 1.67. The van der Waals surface area contributed by atoms with Crippen LogP contribution >= 0.6 is 0 Å². The first-order valence-electron chi connectivity index (χ1n) is 7.03. The van der Waals surface area contributed by atoms with Crippen LogP contribution in [0.25, 0.3) is 0 Å². The Balaban J connectivity index is 3.25. The summed E-state index contributed by atoms with van der Waals surface area (Å²) in [5.74, 6) is 0. The van der Waals surface area contributed by atoms with Gasteiger partial charge >= 0.3 is 0 Å². The van der Waals surface area contributed by atoms with Crippen molar-refractivity contribution >= 4 is 0 Å². The minimum Gasteiger partial charge on any atom is -0.0856 e. The van der Waals surface area contributed by atoms with E-state index in [0.29, 0.717) is 0 Å². The summed E-state index contributed by atoms with van der Waals surface area (Å²) >= 11 is 0. The van der Waals surface area contributed by atoms with Crippen LogP contribution in [0.1, 0.15) is 85.0 Å². The predicted molar refractivity (Wildman–Crippen MR) is 71.3 cm³/mol. The zero-order valence-corrected chi connectivity index (χ0v) is 11.1. The predicted octanol–water partition coefficient (Wildman–Crippen LogP) is 5.87. The third kappa shape index (κ3) is 10.0. The summed E-state index contributed by atoms with van der Waals surface area (Å²) in [6.45, 7) is 6.80. The maximum atomic E-state index is 2.41. The number of allylic oxidation sites excluding steroid dienone is 2. The van der Waals surface area contributed by atoms with Gasteiger partial charge in [0.1, 0.15) is 0 Å². The van der Waals surface area contributed by atoms with E-state index in [-0.39, 0.29) is 0 Å². The van der Waals surface area contributed by atoms with Crippen LogP contribution in [0.3, 0.4) is 0 Å². The Bertz CT molecular complexity index is 144. The molecule has 90 valence electrons. The van der Waals surface area contributed by atoms with Crippen molar-refractivity contribution < 1.29 is 0 Å². The van der Waals surface area contributed by atoms with Crippen LogP contribution in [0.4, 0.5) is 0 Å². The maximum Gasteiger partial charge on any atom is -0.0320 e. The van der Waals surface area contributed by atoms with Crippen molar-refractivity contribution in [2.24, 2.45) is 0 Å². The van der Waals surface area contributed by atoms with Gasteiger partial charge in [-0.05, 0) is 25.7 Å². The minimum absolute atomic E-state index is 1.21. The summed E-state index contributed by atoms with van der Waals surface area (Å²) in [6.07, 6.45) is 16.2. The van der Waals surface area contributed by atoms with E-state index in [4.69, 9.17) is 0 Å². The quantitative estimate of drug-likeness (QED) is 0.312. The maximum absolute atomic E-state index is 2.41. The molecule has 0 nitrogen and oxygen atoms in total. The van der Waals surface area contributed by atoms with Gasteiger partial charge in [0.15, 0.2) is 0 Å². The van der Waals surface area contributed by atoms with Gasteiger partial charge in [0, 0.05) is 0 Å². The summed E-state index contributed by atoms with van der Waals surface area (Å²) in [5, 5.41) is 0. The largest absolute Gasteiger partial charge is 0.0856 e. The van der Waals surface area contributed by atoms with Crippen molar-refractivity contribution in [1.82, 2.24) is 0 Å². The molecule has 0 aromatic heterocycles. The molecule has 0 heterocycles. The molecule has 0 bridgehead atoms. The second-order valence-corrected chi connectivity index (χ2v) is 4.50. The molecule has 0 aliphatic rings. The van der Waals surface area contributed by atoms with Crippen molar-refractivity contribution in [1.29, 1.82) is 0 Å². The van der Waals surface area contributed by atoms with E-state index in [1.54, 1.807) is 5.57 Å². The first kappa shape index (κ1) is 14.7. The normalized spacial score (nSPS) is 12.1. The second-order valence-electron chi connectivity index (χ2n) is 4.50. The molecule has 0 fully saturated rings. The molecule has 0 saturated heterocycles. The molecule has 0 aromatic rings. The van der Waals surface area contributed by atoms with Crippen molar-refractivity contribution in [3.05, 3.63) is 11.6 Å². The zero-order chi connectivity index (χ0) is 11.4. The van der Waals surface area contributed by atoms with Gasteiger partial charge in [0.05, 0.1) is 0 Å². The lowest BCUT2D eigenvalue weighted by Crippen LogP contribution is -1.84. The van der Waals surface area contributed by atoms with Crippen LogP contribution in [-0.4, -0.2) is 0 Å². The summed E-state index contributed by atoms with van der Waals surface area (Å²) < 4.78 is 0. The lowest BCUT2D eigenvalue weighted by Gasteiger charge is -2.04. The van der Waals surface area contributed by atoms with Crippen LogP contribution < -0.4 is 0 Å². The molecule has 0 spiro atoms. The zero-order valence-electron chi connectivity index (χ0n) is 11.1. The van der Waals surface area contributed by atoms with Gasteiger partial charge in [-0.1, -0.05) is 70.9 Å². The fourth-order valence-electron chi connectivity index (χ4n) is 2.02.